The highest BCUT2D eigenvalue weighted by molar-refractivity contribution is 5.72. The number of ether oxygens (including phenoxy) is 2. The topological polar surface area (TPSA) is 35.5 Å². The van der Waals surface area contributed by atoms with Gasteiger partial charge in [-0.3, -0.25) is 4.79 Å². The Balaban J connectivity index is 2.57. The fourth-order valence-corrected chi connectivity index (χ4v) is 2.19. The molecule has 3 heteroatoms. The first-order valence-electron chi connectivity index (χ1n) is 7.18. The van der Waals surface area contributed by atoms with Crippen molar-refractivity contribution in [1.82, 2.24) is 0 Å². The van der Waals surface area contributed by atoms with Crippen LogP contribution in [-0.4, -0.2) is 18.9 Å². The molecule has 106 valence electrons. The van der Waals surface area contributed by atoms with Gasteiger partial charge in [-0.25, -0.2) is 0 Å². The van der Waals surface area contributed by atoms with E-state index in [1.807, 2.05) is 0 Å². The van der Waals surface area contributed by atoms with Gasteiger partial charge >= 0.3 is 5.97 Å². The van der Waals surface area contributed by atoms with Crippen molar-refractivity contribution < 1.29 is 14.3 Å². The number of carbonyl (C=O) groups excluding carboxylic acids is 1. The van der Waals surface area contributed by atoms with Crippen molar-refractivity contribution in [2.24, 2.45) is 17.3 Å². The fourth-order valence-electron chi connectivity index (χ4n) is 2.19. The highest BCUT2D eigenvalue weighted by atomic mass is 16.7. The lowest BCUT2D eigenvalue weighted by Gasteiger charge is -2.30. The largest absolute Gasteiger partial charge is 0.436 e. The molecule has 2 atom stereocenters. The molecule has 0 bridgehead atoms. The fraction of sp³-hybridized carbons (Fsp3) is 0.933. The molecular weight excluding hydrogens is 228 g/mol. The van der Waals surface area contributed by atoms with E-state index in [9.17, 15) is 4.79 Å². The summed E-state index contributed by atoms with van der Waals surface area (Å²) in [5.41, 5.74) is 0.185. The van der Waals surface area contributed by atoms with Crippen LogP contribution in [0.15, 0.2) is 0 Å². The zero-order chi connectivity index (χ0) is 13.8. The van der Waals surface area contributed by atoms with Gasteiger partial charge in [-0.05, 0) is 24.2 Å². The van der Waals surface area contributed by atoms with E-state index in [2.05, 4.69) is 34.6 Å². The second-order valence-corrected chi connectivity index (χ2v) is 6.45. The normalized spacial score (nSPS) is 22.2. The summed E-state index contributed by atoms with van der Waals surface area (Å²) in [4.78, 5) is 12.2. The van der Waals surface area contributed by atoms with Crippen LogP contribution in [0.4, 0.5) is 0 Å². The minimum atomic E-state index is -0.302. The van der Waals surface area contributed by atoms with Crippen LogP contribution in [0.25, 0.3) is 0 Å². The van der Waals surface area contributed by atoms with Gasteiger partial charge in [0.25, 0.3) is 0 Å². The van der Waals surface area contributed by atoms with E-state index in [4.69, 9.17) is 9.47 Å². The summed E-state index contributed by atoms with van der Waals surface area (Å²) in [5.74, 6) is 0.201. The zero-order valence-corrected chi connectivity index (χ0v) is 12.5. The predicted molar refractivity (Wildman–Crippen MR) is 72.1 cm³/mol. The standard InChI is InChI=1S/C15H28O3/c1-6-15(4,5)10-12(11(2)3)14(16)18-13-8-7-9-17-13/h11-13H,6-10H2,1-5H3. The summed E-state index contributed by atoms with van der Waals surface area (Å²) >= 11 is 0. The molecule has 1 saturated heterocycles. The molecule has 0 aromatic carbocycles. The Kier molecular flexibility index (Phi) is 5.64. The van der Waals surface area contributed by atoms with Crippen molar-refractivity contribution in [3.05, 3.63) is 0 Å². The molecule has 0 spiro atoms. The summed E-state index contributed by atoms with van der Waals surface area (Å²) in [6.07, 6.45) is 3.48. The van der Waals surface area contributed by atoms with Gasteiger partial charge in [-0.15, -0.1) is 0 Å². The van der Waals surface area contributed by atoms with E-state index < -0.39 is 0 Å². The lowest BCUT2D eigenvalue weighted by Crippen LogP contribution is -2.31. The molecule has 1 heterocycles. The SMILES string of the molecule is CCC(C)(C)CC(C(=O)OC1CCCO1)C(C)C. The smallest absolute Gasteiger partial charge is 0.311 e. The Labute approximate surface area is 111 Å². The van der Waals surface area contributed by atoms with Gasteiger partial charge in [-0.1, -0.05) is 41.0 Å². The summed E-state index contributed by atoms with van der Waals surface area (Å²) in [5, 5.41) is 0. The number of esters is 1. The van der Waals surface area contributed by atoms with Gasteiger partial charge in [0, 0.05) is 6.42 Å². The highest BCUT2D eigenvalue weighted by Crippen LogP contribution is 2.33. The monoisotopic (exact) mass is 256 g/mol. The molecule has 1 rings (SSSR count). The average Bonchev–Trinajstić information content (AvgIpc) is 2.78. The van der Waals surface area contributed by atoms with Gasteiger partial charge in [0.2, 0.25) is 6.29 Å². The van der Waals surface area contributed by atoms with Crippen LogP contribution in [-0.2, 0) is 14.3 Å². The minimum absolute atomic E-state index is 0.0239. The summed E-state index contributed by atoms with van der Waals surface area (Å²) < 4.78 is 10.8. The lowest BCUT2D eigenvalue weighted by molar-refractivity contribution is -0.177. The zero-order valence-electron chi connectivity index (χ0n) is 12.5. The maximum absolute atomic E-state index is 12.2. The quantitative estimate of drug-likeness (QED) is 0.679. The maximum atomic E-state index is 12.2. The van der Waals surface area contributed by atoms with Gasteiger partial charge in [0.05, 0.1) is 12.5 Å². The van der Waals surface area contributed by atoms with Crippen molar-refractivity contribution >= 4 is 5.97 Å². The minimum Gasteiger partial charge on any atom is -0.436 e. The van der Waals surface area contributed by atoms with Crippen molar-refractivity contribution in [2.45, 2.75) is 66.6 Å². The van der Waals surface area contributed by atoms with Crippen LogP contribution < -0.4 is 0 Å². The van der Waals surface area contributed by atoms with E-state index >= 15 is 0 Å². The van der Waals surface area contributed by atoms with Crippen LogP contribution in [0.3, 0.4) is 0 Å². The Morgan fingerprint density at radius 3 is 2.56 bits per heavy atom. The predicted octanol–water partition coefficient (Wildman–Crippen LogP) is 3.76. The third-order valence-corrected chi connectivity index (χ3v) is 3.97. The first kappa shape index (κ1) is 15.5. The Morgan fingerprint density at radius 1 is 1.44 bits per heavy atom. The van der Waals surface area contributed by atoms with Crippen LogP contribution >= 0.6 is 0 Å². The Hall–Kier alpha value is -0.570. The van der Waals surface area contributed by atoms with Crippen molar-refractivity contribution in [2.75, 3.05) is 6.61 Å². The summed E-state index contributed by atoms with van der Waals surface area (Å²) in [7, 11) is 0. The molecule has 0 saturated carbocycles. The Bertz CT molecular complexity index is 265. The van der Waals surface area contributed by atoms with E-state index in [1.165, 1.54) is 0 Å². The first-order chi connectivity index (χ1) is 8.35. The summed E-state index contributed by atoms with van der Waals surface area (Å²) in [6, 6.07) is 0. The number of hydrogen-bond acceptors (Lipinski definition) is 3. The molecule has 0 aliphatic carbocycles. The van der Waals surface area contributed by atoms with E-state index in [1.54, 1.807) is 0 Å². The third-order valence-electron chi connectivity index (χ3n) is 3.97. The van der Waals surface area contributed by atoms with Gasteiger partial charge in [0.15, 0.2) is 0 Å². The molecule has 0 aromatic heterocycles. The van der Waals surface area contributed by atoms with E-state index in [0.717, 1.165) is 25.7 Å². The third kappa shape index (κ3) is 4.60. The Morgan fingerprint density at radius 2 is 2.11 bits per heavy atom. The second kappa shape index (κ2) is 6.55. The van der Waals surface area contributed by atoms with Gasteiger partial charge in [-0.2, -0.15) is 0 Å². The maximum Gasteiger partial charge on any atom is 0.311 e. The van der Waals surface area contributed by atoms with Gasteiger partial charge in [0.1, 0.15) is 0 Å². The molecule has 0 aromatic rings. The average molecular weight is 256 g/mol. The van der Waals surface area contributed by atoms with Crippen molar-refractivity contribution in [3.63, 3.8) is 0 Å². The molecule has 18 heavy (non-hydrogen) atoms. The van der Waals surface area contributed by atoms with E-state index in [0.29, 0.717) is 12.5 Å². The van der Waals surface area contributed by atoms with Crippen LogP contribution in [0.2, 0.25) is 0 Å². The summed E-state index contributed by atoms with van der Waals surface area (Å²) in [6.45, 7) is 11.5. The molecular formula is C15H28O3. The number of rotatable bonds is 6. The number of carbonyl (C=O) groups is 1. The van der Waals surface area contributed by atoms with Crippen LogP contribution in [0, 0.1) is 17.3 Å². The molecule has 1 aliphatic rings. The van der Waals surface area contributed by atoms with Gasteiger partial charge < -0.3 is 9.47 Å². The number of hydrogen-bond donors (Lipinski definition) is 0. The molecule has 3 nitrogen and oxygen atoms in total. The highest BCUT2D eigenvalue weighted by Gasteiger charge is 2.32. The van der Waals surface area contributed by atoms with Crippen LogP contribution in [0.5, 0.6) is 0 Å². The molecule has 1 fully saturated rings. The molecule has 1 aliphatic heterocycles. The van der Waals surface area contributed by atoms with Crippen LogP contribution in [0.1, 0.15) is 60.3 Å². The van der Waals surface area contributed by atoms with E-state index in [-0.39, 0.29) is 23.6 Å². The first-order valence-corrected chi connectivity index (χ1v) is 7.18. The van der Waals surface area contributed by atoms with Crippen molar-refractivity contribution in [1.29, 1.82) is 0 Å². The molecule has 0 radical (unpaired) electrons. The lowest BCUT2D eigenvalue weighted by atomic mass is 9.77. The molecule has 0 amide bonds. The van der Waals surface area contributed by atoms with Crippen molar-refractivity contribution in [3.8, 4) is 0 Å². The second-order valence-electron chi connectivity index (χ2n) is 6.45. The molecule has 2 unspecified atom stereocenters. The molecule has 0 N–H and O–H groups in total.